The predicted molar refractivity (Wildman–Crippen MR) is 155 cm³/mol. The van der Waals surface area contributed by atoms with Crippen molar-refractivity contribution in [2.24, 2.45) is 0 Å². The molecule has 0 bridgehead atoms. The number of nitrogens with zero attached hydrogens (tertiary/aromatic N) is 1. The molecule has 3 heterocycles. The molecule has 2 fully saturated rings. The molecule has 0 spiro atoms. The number of carbonyl (C=O) groups is 2. The van der Waals surface area contributed by atoms with Gasteiger partial charge in [0.25, 0.3) is 5.91 Å². The molecule has 4 aromatic rings. The van der Waals surface area contributed by atoms with Crippen molar-refractivity contribution in [1.82, 2.24) is 15.6 Å². The molecule has 8 heteroatoms. The van der Waals surface area contributed by atoms with Gasteiger partial charge in [0.15, 0.2) is 5.78 Å². The molecule has 194 valence electrons. The summed E-state index contributed by atoms with van der Waals surface area (Å²) in [6, 6.07) is 18.3. The van der Waals surface area contributed by atoms with Crippen LogP contribution in [0.4, 0.5) is 0 Å². The molecule has 2 atom stereocenters. The minimum Gasteiger partial charge on any atom is -0.494 e. The van der Waals surface area contributed by atoms with Crippen molar-refractivity contribution >= 4 is 44.2 Å². The molecule has 2 aliphatic rings. The summed E-state index contributed by atoms with van der Waals surface area (Å²) in [6.45, 7) is 4.60. The van der Waals surface area contributed by atoms with E-state index in [2.05, 4.69) is 33.8 Å². The second-order valence-electron chi connectivity index (χ2n) is 10.5. The number of pyridine rings is 1. The smallest absolute Gasteiger partial charge is 0.252 e. The van der Waals surface area contributed by atoms with Gasteiger partial charge in [-0.1, -0.05) is 12.1 Å². The quantitative estimate of drug-likeness (QED) is 0.257. The molecule has 1 amide bonds. The predicted octanol–water partition coefficient (Wildman–Crippen LogP) is 4.33. The summed E-state index contributed by atoms with van der Waals surface area (Å²) in [7, 11) is 0.919. The van der Waals surface area contributed by atoms with Gasteiger partial charge in [0.2, 0.25) is 0 Å². The maximum atomic E-state index is 13.7. The Hall–Kier alpha value is -3.33. The number of aromatic nitrogens is 1. The van der Waals surface area contributed by atoms with Crippen LogP contribution in [0.5, 0.6) is 5.75 Å². The molecule has 1 aliphatic carbocycles. The molecule has 0 radical (unpaired) electrons. The maximum Gasteiger partial charge on any atom is 0.252 e. The van der Waals surface area contributed by atoms with Crippen LogP contribution >= 0.6 is 11.3 Å². The summed E-state index contributed by atoms with van der Waals surface area (Å²) in [5, 5.41) is 7.84. The number of aryl methyl sites for hydroxylation is 1. The molecule has 6 nitrogen and oxygen atoms in total. The third-order valence-corrected chi connectivity index (χ3v) is 10.1. The number of nitrogens with one attached hydrogen (secondary N) is 2. The molecule has 1 saturated carbocycles. The summed E-state index contributed by atoms with van der Waals surface area (Å²) in [4.78, 5) is 32.0. The average Bonchev–Trinajstić information content (AvgIpc) is 3.46. The number of amides is 1. The lowest BCUT2D eigenvalue weighted by molar-refractivity contribution is 0.0929. The molecule has 38 heavy (non-hydrogen) atoms. The van der Waals surface area contributed by atoms with Gasteiger partial charge >= 0.3 is 0 Å². The number of fused-ring (bicyclic) bond motifs is 1. The Labute approximate surface area is 229 Å². The zero-order valence-corrected chi connectivity index (χ0v) is 24.7. The van der Waals surface area contributed by atoms with E-state index in [1.165, 1.54) is 11.3 Å². The number of thiophene rings is 1. The molecule has 2 N–H and O–H groups in total. The van der Waals surface area contributed by atoms with Crippen molar-refractivity contribution in [3.63, 3.8) is 0 Å². The van der Waals surface area contributed by atoms with Crippen LogP contribution in [0.1, 0.15) is 57.3 Å². The molecule has 1 aliphatic heterocycles. The lowest BCUT2D eigenvalue weighted by Gasteiger charge is -2.33. The number of ketones is 1. The first-order valence-corrected chi connectivity index (χ1v) is 15.1. The SMILES string of the molecule is CC(=O)c1ccc(-c2cc(C3(NC(=O)c4cc(O[C@@H]([SiH3])[C@@H]5CCN5)ccc4C)CC3)c3cccnc3c2)s1. The van der Waals surface area contributed by atoms with Gasteiger partial charge in [-0.25, -0.2) is 0 Å². The molecular formula is C30H31N3O3SSi. The Morgan fingerprint density at radius 2 is 2.00 bits per heavy atom. The van der Waals surface area contributed by atoms with Crippen molar-refractivity contribution in [1.29, 1.82) is 0 Å². The van der Waals surface area contributed by atoms with E-state index in [0.29, 0.717) is 11.6 Å². The highest BCUT2D eigenvalue weighted by Crippen LogP contribution is 2.49. The van der Waals surface area contributed by atoms with E-state index in [9.17, 15) is 9.59 Å². The molecule has 2 aromatic heterocycles. The lowest BCUT2D eigenvalue weighted by atomic mass is 9.95. The van der Waals surface area contributed by atoms with E-state index in [4.69, 9.17) is 4.74 Å². The Morgan fingerprint density at radius 3 is 2.68 bits per heavy atom. The van der Waals surface area contributed by atoms with E-state index >= 15 is 0 Å². The molecule has 6 rings (SSSR count). The highest BCUT2D eigenvalue weighted by atomic mass is 32.1. The van der Waals surface area contributed by atoms with E-state index < -0.39 is 5.54 Å². The van der Waals surface area contributed by atoms with Gasteiger partial charge in [0, 0.05) is 28.1 Å². The van der Waals surface area contributed by atoms with Crippen LogP contribution < -0.4 is 15.4 Å². The minimum atomic E-state index is -0.450. The largest absolute Gasteiger partial charge is 0.494 e. The Kier molecular flexibility index (Phi) is 6.41. The van der Waals surface area contributed by atoms with E-state index in [1.54, 1.807) is 13.1 Å². The van der Waals surface area contributed by atoms with Gasteiger partial charge < -0.3 is 15.4 Å². The number of hydrogen-bond donors (Lipinski definition) is 2. The van der Waals surface area contributed by atoms with E-state index in [0.717, 1.165) is 79.1 Å². The second-order valence-corrected chi connectivity index (χ2v) is 12.7. The Bertz CT molecular complexity index is 1560. The fourth-order valence-corrected chi connectivity index (χ4v) is 6.93. The summed E-state index contributed by atoms with van der Waals surface area (Å²) >= 11 is 1.49. The monoisotopic (exact) mass is 541 g/mol. The minimum absolute atomic E-state index is 0.0635. The van der Waals surface area contributed by atoms with E-state index in [-0.39, 0.29) is 17.4 Å². The van der Waals surface area contributed by atoms with Gasteiger partial charge in [0.05, 0.1) is 31.9 Å². The lowest BCUT2D eigenvalue weighted by Crippen LogP contribution is -2.53. The van der Waals surface area contributed by atoms with Gasteiger partial charge in [-0.05, 0) is 98.8 Å². The number of rotatable bonds is 8. The highest BCUT2D eigenvalue weighted by Gasteiger charge is 2.47. The fraction of sp³-hybridized carbons (Fsp3) is 0.300. The summed E-state index contributed by atoms with van der Waals surface area (Å²) in [6.07, 6.45) is 4.65. The molecule has 2 aromatic carbocycles. The molecule has 1 saturated heterocycles. The van der Waals surface area contributed by atoms with Crippen molar-refractivity contribution < 1.29 is 14.3 Å². The number of hydrogen-bond acceptors (Lipinski definition) is 6. The topological polar surface area (TPSA) is 80.3 Å². The number of Topliss-reactive ketones (excluding diaryl/α,β-unsaturated/α-hetero) is 1. The van der Waals surface area contributed by atoms with Crippen LogP contribution in [0.2, 0.25) is 0 Å². The second kappa shape index (κ2) is 9.76. The van der Waals surface area contributed by atoms with Crippen LogP contribution in [0.3, 0.4) is 0 Å². The first-order chi connectivity index (χ1) is 18.3. The van der Waals surface area contributed by atoms with Crippen molar-refractivity contribution in [2.75, 3.05) is 6.54 Å². The van der Waals surface area contributed by atoms with Crippen molar-refractivity contribution in [3.05, 3.63) is 82.4 Å². The van der Waals surface area contributed by atoms with Crippen LogP contribution in [-0.2, 0) is 5.54 Å². The van der Waals surface area contributed by atoms with Crippen LogP contribution in [0, 0.1) is 6.92 Å². The standard InChI is InChI=1S/C30H31N3O3SSi/c1-17-5-6-20(36-29(38)24-9-13-32-24)16-22(17)28(35)33-30(10-11-30)23-14-19(15-25-21(23)4-3-12-31-25)27-8-7-26(37-27)18(2)34/h3-8,12,14-16,24,29,32H,9-11,13H2,1-2,38H3,(H,33,35)/t24-,29-/m0/s1. The van der Waals surface area contributed by atoms with Crippen LogP contribution in [0.25, 0.3) is 21.3 Å². The summed E-state index contributed by atoms with van der Waals surface area (Å²) in [5.74, 6) is 0.720. The highest BCUT2D eigenvalue weighted by molar-refractivity contribution is 7.17. The number of benzene rings is 2. The van der Waals surface area contributed by atoms with Gasteiger partial charge in [-0.3, -0.25) is 14.6 Å². The average molecular weight is 542 g/mol. The Balaban J connectivity index is 1.32. The summed E-state index contributed by atoms with van der Waals surface area (Å²) < 4.78 is 6.22. The maximum absolute atomic E-state index is 13.7. The number of carbonyl (C=O) groups excluding carboxylic acids is 2. The van der Waals surface area contributed by atoms with Crippen LogP contribution in [-0.4, -0.2) is 45.2 Å². The zero-order valence-electron chi connectivity index (χ0n) is 21.8. The van der Waals surface area contributed by atoms with E-state index in [1.807, 2.05) is 43.3 Å². The van der Waals surface area contributed by atoms with Crippen molar-refractivity contribution in [3.8, 4) is 16.2 Å². The first-order valence-electron chi connectivity index (χ1n) is 13.2. The summed E-state index contributed by atoms with van der Waals surface area (Å²) in [5.41, 5.74) is 4.27. The third kappa shape index (κ3) is 4.68. The fourth-order valence-electron chi connectivity index (χ4n) is 5.20. The third-order valence-electron chi connectivity index (χ3n) is 7.78. The Morgan fingerprint density at radius 1 is 1.18 bits per heavy atom. The first kappa shape index (κ1) is 25.0. The molecular weight excluding hydrogens is 511 g/mol. The normalized spacial score (nSPS) is 18.5. The number of ether oxygens (including phenoxy) is 1. The van der Waals surface area contributed by atoms with Crippen molar-refractivity contribution in [2.45, 2.75) is 50.4 Å². The zero-order chi connectivity index (χ0) is 26.4. The van der Waals surface area contributed by atoms with Gasteiger partial charge in [-0.2, -0.15) is 0 Å². The van der Waals surface area contributed by atoms with Gasteiger partial charge in [-0.15, -0.1) is 11.3 Å². The van der Waals surface area contributed by atoms with Gasteiger partial charge in [0.1, 0.15) is 5.75 Å². The van der Waals surface area contributed by atoms with Crippen LogP contribution in [0.15, 0.2) is 60.8 Å². The molecule has 0 unspecified atom stereocenters.